The molecular formula is C25H31N3O5. The molecule has 2 aromatic rings. The molecule has 0 aliphatic carbocycles. The van der Waals surface area contributed by atoms with Gasteiger partial charge in [0.15, 0.2) is 0 Å². The summed E-state index contributed by atoms with van der Waals surface area (Å²) in [6.07, 6.45) is 4.24. The number of rotatable bonds is 8. The normalized spacial score (nSPS) is 17.6. The molecule has 2 aromatic carbocycles. The van der Waals surface area contributed by atoms with Crippen LogP contribution in [-0.2, 0) is 4.74 Å². The van der Waals surface area contributed by atoms with Crippen molar-refractivity contribution < 1.29 is 23.8 Å². The molecule has 2 aliphatic rings. The lowest BCUT2D eigenvalue weighted by Gasteiger charge is -2.22. The summed E-state index contributed by atoms with van der Waals surface area (Å²) in [5.41, 5.74) is 2.25. The molecule has 8 nitrogen and oxygen atoms in total. The van der Waals surface area contributed by atoms with Crippen LogP contribution in [0.25, 0.3) is 0 Å². The van der Waals surface area contributed by atoms with Gasteiger partial charge in [-0.2, -0.15) is 0 Å². The molecule has 8 heteroatoms. The van der Waals surface area contributed by atoms with Crippen molar-refractivity contribution in [2.24, 2.45) is 0 Å². The quantitative estimate of drug-likeness (QED) is 0.636. The predicted molar refractivity (Wildman–Crippen MR) is 127 cm³/mol. The monoisotopic (exact) mass is 453 g/mol. The van der Waals surface area contributed by atoms with Gasteiger partial charge < -0.3 is 29.7 Å². The van der Waals surface area contributed by atoms with Crippen LogP contribution in [0.2, 0.25) is 0 Å². The molecule has 1 atom stereocenters. The zero-order valence-electron chi connectivity index (χ0n) is 19.2. The third-order valence-corrected chi connectivity index (χ3v) is 6.11. The van der Waals surface area contributed by atoms with Gasteiger partial charge >= 0.3 is 0 Å². The highest BCUT2D eigenvalue weighted by molar-refractivity contribution is 6.09. The Kier molecular flexibility index (Phi) is 7.34. The van der Waals surface area contributed by atoms with E-state index >= 15 is 0 Å². The van der Waals surface area contributed by atoms with E-state index < -0.39 is 0 Å². The molecule has 0 saturated carbocycles. The molecule has 2 aliphatic heterocycles. The second-order valence-electron chi connectivity index (χ2n) is 8.26. The third-order valence-electron chi connectivity index (χ3n) is 6.11. The van der Waals surface area contributed by atoms with Crippen LogP contribution in [0.5, 0.6) is 11.5 Å². The van der Waals surface area contributed by atoms with Gasteiger partial charge in [0.2, 0.25) is 0 Å². The Morgan fingerprint density at radius 1 is 1.03 bits per heavy atom. The summed E-state index contributed by atoms with van der Waals surface area (Å²) >= 11 is 0. The lowest BCUT2D eigenvalue weighted by atomic mass is 10.1. The standard InChI is InChI=1S/C25H31N3O5/c1-31-21-8-5-9-22(32-2)23(21)25(30)27-17-10-11-20(28-12-3-4-13-28)19(15-17)24(29)26-16-18-7-6-14-33-18/h5,8-11,15,18H,3-4,6-7,12-14,16H2,1-2H3,(H,26,29)(H,27,30). The number of benzene rings is 2. The number of hydrogen-bond donors (Lipinski definition) is 2. The molecule has 2 amide bonds. The van der Waals surface area contributed by atoms with Crippen LogP contribution in [0, 0.1) is 0 Å². The zero-order valence-corrected chi connectivity index (χ0v) is 19.2. The minimum absolute atomic E-state index is 0.0603. The van der Waals surface area contributed by atoms with E-state index in [0.29, 0.717) is 34.9 Å². The number of carbonyl (C=O) groups excluding carboxylic acids is 2. The van der Waals surface area contributed by atoms with E-state index in [1.165, 1.54) is 14.2 Å². The predicted octanol–water partition coefficient (Wildman–Crippen LogP) is 3.47. The topological polar surface area (TPSA) is 89.1 Å². The maximum atomic E-state index is 13.1. The van der Waals surface area contributed by atoms with Crippen LogP contribution >= 0.6 is 0 Å². The minimum atomic E-state index is -0.371. The Labute approximate surface area is 194 Å². The molecule has 4 rings (SSSR count). The van der Waals surface area contributed by atoms with Gasteiger partial charge in [0.05, 0.1) is 25.9 Å². The van der Waals surface area contributed by atoms with Crippen LogP contribution < -0.4 is 25.0 Å². The largest absolute Gasteiger partial charge is 0.496 e. The fraction of sp³-hybridized carbons (Fsp3) is 0.440. The Morgan fingerprint density at radius 2 is 1.76 bits per heavy atom. The third kappa shape index (κ3) is 5.22. The Bertz CT molecular complexity index is 975. The van der Waals surface area contributed by atoms with Gasteiger partial charge in [-0.05, 0) is 56.0 Å². The van der Waals surface area contributed by atoms with Crippen LogP contribution in [0.15, 0.2) is 36.4 Å². The van der Waals surface area contributed by atoms with E-state index in [1.54, 1.807) is 24.3 Å². The Balaban J connectivity index is 1.58. The summed E-state index contributed by atoms with van der Waals surface area (Å²) in [4.78, 5) is 28.5. The van der Waals surface area contributed by atoms with Gasteiger partial charge in [-0.3, -0.25) is 9.59 Å². The van der Waals surface area contributed by atoms with Crippen LogP contribution in [0.4, 0.5) is 11.4 Å². The Morgan fingerprint density at radius 3 is 2.39 bits per heavy atom. The first kappa shape index (κ1) is 22.9. The van der Waals surface area contributed by atoms with Crippen molar-refractivity contribution >= 4 is 23.2 Å². The average molecular weight is 454 g/mol. The lowest BCUT2D eigenvalue weighted by molar-refractivity contribution is 0.0858. The van der Waals surface area contributed by atoms with E-state index in [2.05, 4.69) is 15.5 Å². The number of amides is 2. The zero-order chi connectivity index (χ0) is 23.2. The van der Waals surface area contributed by atoms with Crippen molar-refractivity contribution in [1.29, 1.82) is 0 Å². The van der Waals surface area contributed by atoms with E-state index in [-0.39, 0.29) is 17.9 Å². The highest BCUT2D eigenvalue weighted by Gasteiger charge is 2.23. The van der Waals surface area contributed by atoms with Crippen LogP contribution in [0.3, 0.4) is 0 Å². The van der Waals surface area contributed by atoms with Gasteiger partial charge in [-0.15, -0.1) is 0 Å². The summed E-state index contributed by atoms with van der Waals surface area (Å²) in [6, 6.07) is 10.6. The van der Waals surface area contributed by atoms with Gasteiger partial charge in [-0.25, -0.2) is 0 Å². The molecule has 0 aromatic heterocycles. The number of anilines is 2. The highest BCUT2D eigenvalue weighted by atomic mass is 16.5. The number of ether oxygens (including phenoxy) is 3. The smallest absolute Gasteiger partial charge is 0.263 e. The number of hydrogen-bond acceptors (Lipinski definition) is 6. The van der Waals surface area contributed by atoms with E-state index in [1.807, 2.05) is 12.1 Å². The van der Waals surface area contributed by atoms with Crippen molar-refractivity contribution in [3.05, 3.63) is 47.5 Å². The van der Waals surface area contributed by atoms with Gasteiger partial charge in [0.1, 0.15) is 17.1 Å². The lowest BCUT2D eigenvalue weighted by Crippen LogP contribution is -2.33. The van der Waals surface area contributed by atoms with Crippen molar-refractivity contribution in [3.63, 3.8) is 0 Å². The number of nitrogens with one attached hydrogen (secondary N) is 2. The summed E-state index contributed by atoms with van der Waals surface area (Å²) in [7, 11) is 3.01. The maximum absolute atomic E-state index is 13.1. The molecule has 2 saturated heterocycles. The number of nitrogens with zero attached hydrogens (tertiary/aromatic N) is 1. The maximum Gasteiger partial charge on any atom is 0.263 e. The van der Waals surface area contributed by atoms with E-state index in [4.69, 9.17) is 14.2 Å². The first-order chi connectivity index (χ1) is 16.1. The van der Waals surface area contributed by atoms with Crippen molar-refractivity contribution in [2.75, 3.05) is 50.7 Å². The van der Waals surface area contributed by atoms with Crippen LogP contribution in [0.1, 0.15) is 46.4 Å². The highest BCUT2D eigenvalue weighted by Crippen LogP contribution is 2.31. The average Bonchev–Trinajstić information content (AvgIpc) is 3.56. The summed E-state index contributed by atoms with van der Waals surface area (Å²) in [5, 5.41) is 5.91. The van der Waals surface area contributed by atoms with Gasteiger partial charge in [0, 0.05) is 37.6 Å². The molecule has 0 bridgehead atoms. The molecule has 33 heavy (non-hydrogen) atoms. The summed E-state index contributed by atoms with van der Waals surface area (Å²) in [6.45, 7) is 3.05. The fourth-order valence-electron chi connectivity index (χ4n) is 4.41. The molecule has 176 valence electrons. The number of methoxy groups -OCH3 is 2. The molecule has 2 fully saturated rings. The molecule has 2 heterocycles. The van der Waals surface area contributed by atoms with Gasteiger partial charge in [0.25, 0.3) is 11.8 Å². The van der Waals surface area contributed by atoms with Gasteiger partial charge in [-0.1, -0.05) is 6.07 Å². The molecular weight excluding hydrogens is 422 g/mol. The fourth-order valence-corrected chi connectivity index (χ4v) is 4.41. The Hall–Kier alpha value is -3.26. The van der Waals surface area contributed by atoms with E-state index in [0.717, 1.165) is 51.1 Å². The van der Waals surface area contributed by atoms with Crippen molar-refractivity contribution in [3.8, 4) is 11.5 Å². The first-order valence-corrected chi connectivity index (χ1v) is 11.4. The molecule has 0 radical (unpaired) electrons. The summed E-state index contributed by atoms with van der Waals surface area (Å²) < 4.78 is 16.3. The van der Waals surface area contributed by atoms with Crippen LogP contribution in [-0.4, -0.2) is 58.4 Å². The second-order valence-corrected chi connectivity index (χ2v) is 8.26. The van der Waals surface area contributed by atoms with E-state index in [9.17, 15) is 9.59 Å². The van der Waals surface area contributed by atoms with Crippen molar-refractivity contribution in [1.82, 2.24) is 5.32 Å². The molecule has 0 spiro atoms. The van der Waals surface area contributed by atoms with Crippen molar-refractivity contribution in [2.45, 2.75) is 31.8 Å². The number of carbonyl (C=O) groups is 2. The minimum Gasteiger partial charge on any atom is -0.496 e. The molecule has 1 unspecified atom stereocenters. The molecule has 2 N–H and O–H groups in total. The first-order valence-electron chi connectivity index (χ1n) is 11.4. The SMILES string of the molecule is COc1cccc(OC)c1C(=O)Nc1ccc(N2CCCC2)c(C(=O)NCC2CCCO2)c1. The second kappa shape index (κ2) is 10.6. The summed E-state index contributed by atoms with van der Waals surface area (Å²) in [5.74, 6) is 0.285.